The summed E-state index contributed by atoms with van der Waals surface area (Å²) in [5.74, 6) is 0.932. The lowest BCUT2D eigenvalue weighted by Crippen LogP contribution is -2.42. The van der Waals surface area contributed by atoms with Gasteiger partial charge < -0.3 is 10.2 Å². The minimum atomic E-state index is -0.249. The fraction of sp³-hybridized carbons (Fsp3) is 0.933. The molecule has 2 aliphatic rings. The third-order valence-electron chi connectivity index (χ3n) is 5.16. The molecule has 0 radical (unpaired) electrons. The summed E-state index contributed by atoms with van der Waals surface area (Å²) >= 11 is 0. The monoisotopic (exact) mass is 249 g/mol. The third kappa shape index (κ3) is 2.87. The van der Waals surface area contributed by atoms with Gasteiger partial charge in [-0.05, 0) is 64.6 Å². The Morgan fingerprint density at radius 3 is 2.78 bits per heavy atom. The second-order valence-corrected chi connectivity index (χ2v) is 6.08. The van der Waals surface area contributed by atoms with Crippen LogP contribution in [0.15, 0.2) is 0 Å². The molecular formula is C15H27N3. The molecule has 0 spiro atoms. The summed E-state index contributed by atoms with van der Waals surface area (Å²) in [6.45, 7) is 4.80. The van der Waals surface area contributed by atoms with Crippen LogP contribution >= 0.6 is 0 Å². The van der Waals surface area contributed by atoms with E-state index in [0.717, 1.165) is 18.8 Å². The maximum absolute atomic E-state index is 9.34. The SMILES string of the molecule is CCC1CCCN(C2CCC(C#N)(NC)C2)CC1. The van der Waals surface area contributed by atoms with E-state index in [1.54, 1.807) is 0 Å². The summed E-state index contributed by atoms with van der Waals surface area (Å²) in [5.41, 5.74) is -0.249. The maximum atomic E-state index is 9.34. The molecule has 3 nitrogen and oxygen atoms in total. The van der Waals surface area contributed by atoms with Crippen LogP contribution in [-0.2, 0) is 0 Å². The van der Waals surface area contributed by atoms with Gasteiger partial charge in [0.15, 0.2) is 0 Å². The van der Waals surface area contributed by atoms with Gasteiger partial charge in [0.05, 0.1) is 6.07 Å². The van der Waals surface area contributed by atoms with Crippen molar-refractivity contribution in [2.45, 2.75) is 63.5 Å². The Hall–Kier alpha value is -0.590. The quantitative estimate of drug-likeness (QED) is 0.835. The molecule has 0 aromatic carbocycles. The van der Waals surface area contributed by atoms with E-state index in [4.69, 9.17) is 0 Å². The van der Waals surface area contributed by atoms with Crippen molar-refractivity contribution in [2.75, 3.05) is 20.1 Å². The molecule has 0 aromatic rings. The van der Waals surface area contributed by atoms with E-state index < -0.39 is 0 Å². The molecule has 3 heteroatoms. The minimum Gasteiger partial charge on any atom is -0.302 e. The van der Waals surface area contributed by atoms with Gasteiger partial charge in [-0.2, -0.15) is 5.26 Å². The highest BCUT2D eigenvalue weighted by molar-refractivity contribution is 5.12. The highest BCUT2D eigenvalue weighted by Crippen LogP contribution is 2.34. The highest BCUT2D eigenvalue weighted by Gasteiger charge is 2.40. The predicted octanol–water partition coefficient (Wildman–Crippen LogP) is 2.53. The molecule has 1 aliphatic heterocycles. The van der Waals surface area contributed by atoms with Gasteiger partial charge >= 0.3 is 0 Å². The van der Waals surface area contributed by atoms with Crippen LogP contribution in [0, 0.1) is 17.2 Å². The molecule has 2 rings (SSSR count). The van der Waals surface area contributed by atoms with Crippen LogP contribution in [0.25, 0.3) is 0 Å². The molecule has 0 aromatic heterocycles. The molecular weight excluding hydrogens is 222 g/mol. The van der Waals surface area contributed by atoms with Crippen molar-refractivity contribution in [1.29, 1.82) is 5.26 Å². The number of hydrogen-bond donors (Lipinski definition) is 1. The van der Waals surface area contributed by atoms with Crippen molar-refractivity contribution in [3.63, 3.8) is 0 Å². The minimum absolute atomic E-state index is 0.249. The first kappa shape index (κ1) is 13.8. The number of rotatable bonds is 3. The average Bonchev–Trinajstić information content (AvgIpc) is 2.70. The molecule has 3 atom stereocenters. The van der Waals surface area contributed by atoms with Crippen LogP contribution in [0.1, 0.15) is 51.9 Å². The lowest BCUT2D eigenvalue weighted by Gasteiger charge is -2.28. The summed E-state index contributed by atoms with van der Waals surface area (Å²) in [7, 11) is 1.93. The van der Waals surface area contributed by atoms with Crippen molar-refractivity contribution in [3.8, 4) is 6.07 Å². The van der Waals surface area contributed by atoms with E-state index in [0.29, 0.717) is 6.04 Å². The Balaban J connectivity index is 1.92. The van der Waals surface area contributed by atoms with E-state index in [2.05, 4.69) is 23.2 Å². The van der Waals surface area contributed by atoms with Gasteiger partial charge in [0.25, 0.3) is 0 Å². The topological polar surface area (TPSA) is 39.1 Å². The van der Waals surface area contributed by atoms with Crippen molar-refractivity contribution < 1.29 is 0 Å². The summed E-state index contributed by atoms with van der Waals surface area (Å²) in [6, 6.07) is 3.13. The van der Waals surface area contributed by atoms with Gasteiger partial charge in [-0.3, -0.25) is 0 Å². The van der Waals surface area contributed by atoms with Gasteiger partial charge in [0, 0.05) is 6.04 Å². The molecule has 2 fully saturated rings. The van der Waals surface area contributed by atoms with Crippen LogP contribution in [0.5, 0.6) is 0 Å². The number of hydrogen-bond acceptors (Lipinski definition) is 3. The molecule has 1 heterocycles. The van der Waals surface area contributed by atoms with Crippen LogP contribution in [0.3, 0.4) is 0 Å². The summed E-state index contributed by atoms with van der Waals surface area (Å²) in [4.78, 5) is 2.66. The lowest BCUT2D eigenvalue weighted by molar-refractivity contribution is 0.197. The smallest absolute Gasteiger partial charge is 0.108 e. The number of nitrogens with zero attached hydrogens (tertiary/aromatic N) is 2. The van der Waals surface area contributed by atoms with Gasteiger partial charge in [0.2, 0.25) is 0 Å². The van der Waals surface area contributed by atoms with Crippen LogP contribution < -0.4 is 5.32 Å². The average molecular weight is 249 g/mol. The molecule has 1 N–H and O–H groups in total. The van der Waals surface area contributed by atoms with Crippen LogP contribution in [0.4, 0.5) is 0 Å². The molecule has 3 unspecified atom stereocenters. The van der Waals surface area contributed by atoms with Crippen molar-refractivity contribution in [3.05, 3.63) is 0 Å². The first-order valence-electron chi connectivity index (χ1n) is 7.57. The van der Waals surface area contributed by atoms with Gasteiger partial charge in [-0.1, -0.05) is 13.3 Å². The summed E-state index contributed by atoms with van der Waals surface area (Å²) in [5, 5.41) is 12.6. The summed E-state index contributed by atoms with van der Waals surface area (Å²) < 4.78 is 0. The largest absolute Gasteiger partial charge is 0.302 e. The molecule has 1 saturated carbocycles. The van der Waals surface area contributed by atoms with E-state index in [9.17, 15) is 5.26 Å². The zero-order valence-electron chi connectivity index (χ0n) is 11.9. The molecule has 1 saturated heterocycles. The van der Waals surface area contributed by atoms with Crippen molar-refractivity contribution in [1.82, 2.24) is 10.2 Å². The fourth-order valence-electron chi connectivity index (χ4n) is 3.68. The lowest BCUT2D eigenvalue weighted by atomic mass is 9.98. The zero-order valence-corrected chi connectivity index (χ0v) is 11.9. The Labute approximate surface area is 112 Å². The van der Waals surface area contributed by atoms with E-state index in [1.165, 1.54) is 45.2 Å². The Kier molecular flexibility index (Phi) is 4.64. The second kappa shape index (κ2) is 6.04. The number of nitrogens with one attached hydrogen (secondary N) is 1. The van der Waals surface area contributed by atoms with Crippen LogP contribution in [-0.4, -0.2) is 36.6 Å². The molecule has 102 valence electrons. The zero-order chi connectivity index (χ0) is 13.0. The predicted molar refractivity (Wildman–Crippen MR) is 74.2 cm³/mol. The Morgan fingerprint density at radius 1 is 1.33 bits per heavy atom. The first-order chi connectivity index (χ1) is 8.73. The molecule has 1 aliphatic carbocycles. The highest BCUT2D eigenvalue weighted by atomic mass is 15.2. The Morgan fingerprint density at radius 2 is 2.17 bits per heavy atom. The normalized spacial score (nSPS) is 38.3. The maximum Gasteiger partial charge on any atom is 0.108 e. The molecule has 18 heavy (non-hydrogen) atoms. The van der Waals surface area contributed by atoms with E-state index in [1.807, 2.05) is 7.05 Å². The van der Waals surface area contributed by atoms with E-state index >= 15 is 0 Å². The second-order valence-electron chi connectivity index (χ2n) is 6.08. The summed E-state index contributed by atoms with van der Waals surface area (Å²) in [6.07, 6.45) is 8.63. The third-order valence-corrected chi connectivity index (χ3v) is 5.16. The van der Waals surface area contributed by atoms with Gasteiger partial charge in [0.1, 0.15) is 5.54 Å². The van der Waals surface area contributed by atoms with Crippen molar-refractivity contribution in [2.24, 2.45) is 5.92 Å². The van der Waals surface area contributed by atoms with Gasteiger partial charge in [-0.25, -0.2) is 0 Å². The standard InChI is InChI=1S/C15H27N3/c1-3-13-5-4-9-18(10-7-13)14-6-8-15(11-14,12-16)17-2/h13-14,17H,3-11H2,1-2H3. The number of likely N-dealkylation sites (tertiary alicyclic amines) is 1. The molecule has 0 amide bonds. The Bertz CT molecular complexity index is 309. The van der Waals surface area contributed by atoms with E-state index in [-0.39, 0.29) is 5.54 Å². The molecule has 0 bridgehead atoms. The van der Waals surface area contributed by atoms with Gasteiger partial charge in [-0.15, -0.1) is 0 Å². The first-order valence-corrected chi connectivity index (χ1v) is 7.57. The van der Waals surface area contributed by atoms with Crippen molar-refractivity contribution >= 4 is 0 Å². The van der Waals surface area contributed by atoms with Crippen LogP contribution in [0.2, 0.25) is 0 Å². The fourth-order valence-corrected chi connectivity index (χ4v) is 3.68. The number of nitriles is 1.